The largest absolute Gasteiger partial charge is 0.370 e. The molecule has 4 nitrogen and oxygen atoms in total. The lowest BCUT2D eigenvalue weighted by Crippen LogP contribution is -2.27. The van der Waals surface area contributed by atoms with E-state index in [1.165, 1.54) is 24.0 Å². The zero-order valence-electron chi connectivity index (χ0n) is 12.5. The normalized spacial score (nSPS) is 21.5. The molecule has 1 atom stereocenters. The van der Waals surface area contributed by atoms with Crippen LogP contribution in [0.2, 0.25) is 0 Å². The SMILES string of the molecule is CS(=O)C1(CN=C(N)Nc2cccc3c2CCCC3)CC1. The lowest BCUT2D eigenvalue weighted by atomic mass is 9.90. The molecule has 2 aliphatic rings. The number of aryl methyl sites for hydroxylation is 1. The second kappa shape index (κ2) is 5.79. The summed E-state index contributed by atoms with van der Waals surface area (Å²) in [6, 6.07) is 6.34. The van der Waals surface area contributed by atoms with E-state index in [2.05, 4.69) is 28.5 Å². The Hall–Kier alpha value is -1.36. The maximum absolute atomic E-state index is 11.7. The molecule has 0 heterocycles. The third-order valence-corrected chi connectivity index (χ3v) is 6.37. The number of hydrogen-bond donors (Lipinski definition) is 2. The van der Waals surface area contributed by atoms with Crippen molar-refractivity contribution in [2.45, 2.75) is 43.3 Å². The maximum Gasteiger partial charge on any atom is 0.193 e. The zero-order chi connectivity index (χ0) is 14.9. The van der Waals surface area contributed by atoms with Crippen molar-refractivity contribution in [3.8, 4) is 0 Å². The van der Waals surface area contributed by atoms with Gasteiger partial charge in [-0.05, 0) is 55.7 Å². The fourth-order valence-electron chi connectivity index (χ4n) is 2.98. The van der Waals surface area contributed by atoms with Crippen LogP contribution in [0.3, 0.4) is 0 Å². The van der Waals surface area contributed by atoms with Gasteiger partial charge in [-0.2, -0.15) is 0 Å². The molecule has 1 fully saturated rings. The number of guanidine groups is 1. The topological polar surface area (TPSA) is 67.5 Å². The minimum atomic E-state index is -0.820. The Morgan fingerprint density at radius 2 is 2.14 bits per heavy atom. The predicted octanol–water partition coefficient (Wildman–Crippen LogP) is 2.20. The molecule has 0 spiro atoms. The van der Waals surface area contributed by atoms with Gasteiger partial charge < -0.3 is 11.1 Å². The quantitative estimate of drug-likeness (QED) is 0.662. The van der Waals surface area contributed by atoms with Gasteiger partial charge in [-0.1, -0.05) is 12.1 Å². The zero-order valence-corrected chi connectivity index (χ0v) is 13.3. The first kappa shape index (κ1) is 14.6. The molecule has 0 radical (unpaired) electrons. The fourth-order valence-corrected chi connectivity index (χ4v) is 3.90. The molecule has 2 aliphatic carbocycles. The van der Waals surface area contributed by atoms with Gasteiger partial charge in [0.05, 0.1) is 11.3 Å². The van der Waals surface area contributed by atoms with Crippen LogP contribution in [-0.2, 0) is 23.6 Å². The van der Waals surface area contributed by atoms with Crippen molar-refractivity contribution in [1.82, 2.24) is 0 Å². The number of hydrogen-bond acceptors (Lipinski definition) is 2. The lowest BCUT2D eigenvalue weighted by molar-refractivity contribution is 0.672. The highest BCUT2D eigenvalue weighted by Gasteiger charge is 2.46. The summed E-state index contributed by atoms with van der Waals surface area (Å²) in [5.41, 5.74) is 9.89. The molecule has 0 aromatic heterocycles. The Balaban J connectivity index is 1.70. The molecule has 5 heteroatoms. The van der Waals surface area contributed by atoms with Crippen molar-refractivity contribution < 1.29 is 4.21 Å². The second-order valence-electron chi connectivity index (χ2n) is 6.11. The summed E-state index contributed by atoms with van der Waals surface area (Å²) in [4.78, 5) is 4.41. The molecular formula is C16H23N3OS. The number of rotatable bonds is 4. The summed E-state index contributed by atoms with van der Waals surface area (Å²) in [6.07, 6.45) is 8.51. The maximum atomic E-state index is 11.7. The van der Waals surface area contributed by atoms with E-state index in [1.54, 1.807) is 6.26 Å². The van der Waals surface area contributed by atoms with Crippen molar-refractivity contribution in [1.29, 1.82) is 0 Å². The van der Waals surface area contributed by atoms with Gasteiger partial charge in [0, 0.05) is 22.7 Å². The highest BCUT2D eigenvalue weighted by molar-refractivity contribution is 7.86. The highest BCUT2D eigenvalue weighted by Crippen LogP contribution is 2.41. The summed E-state index contributed by atoms with van der Waals surface area (Å²) in [5.74, 6) is 0.436. The molecular weight excluding hydrogens is 282 g/mol. The first-order chi connectivity index (χ1) is 10.1. The van der Waals surface area contributed by atoms with Gasteiger partial charge in [-0.15, -0.1) is 0 Å². The number of nitrogens with two attached hydrogens (primary N) is 1. The number of nitrogens with zero attached hydrogens (tertiary/aromatic N) is 1. The van der Waals surface area contributed by atoms with Crippen LogP contribution in [0.25, 0.3) is 0 Å². The van der Waals surface area contributed by atoms with E-state index < -0.39 is 10.8 Å². The van der Waals surface area contributed by atoms with Crippen molar-refractivity contribution in [3.05, 3.63) is 29.3 Å². The summed E-state index contributed by atoms with van der Waals surface area (Å²) in [6.45, 7) is 0.559. The van der Waals surface area contributed by atoms with Crippen LogP contribution in [0.15, 0.2) is 23.2 Å². The molecule has 1 aromatic rings. The van der Waals surface area contributed by atoms with E-state index in [-0.39, 0.29) is 4.75 Å². The summed E-state index contributed by atoms with van der Waals surface area (Å²) in [7, 11) is -0.820. The molecule has 0 aliphatic heterocycles. The third-order valence-electron chi connectivity index (χ3n) is 4.61. The van der Waals surface area contributed by atoms with Crippen LogP contribution in [0.5, 0.6) is 0 Å². The third kappa shape index (κ3) is 3.12. The van der Waals surface area contributed by atoms with E-state index in [0.717, 1.165) is 31.4 Å². The number of fused-ring (bicyclic) bond motifs is 1. The van der Waals surface area contributed by atoms with Crippen LogP contribution in [0, 0.1) is 0 Å². The average Bonchev–Trinajstić information content (AvgIpc) is 3.27. The van der Waals surface area contributed by atoms with Gasteiger partial charge in [0.15, 0.2) is 5.96 Å². The number of anilines is 1. The molecule has 0 amide bonds. The van der Waals surface area contributed by atoms with E-state index in [0.29, 0.717) is 12.5 Å². The van der Waals surface area contributed by atoms with Gasteiger partial charge in [0.1, 0.15) is 0 Å². The van der Waals surface area contributed by atoms with E-state index in [9.17, 15) is 4.21 Å². The van der Waals surface area contributed by atoms with Gasteiger partial charge in [-0.3, -0.25) is 9.20 Å². The molecule has 114 valence electrons. The van der Waals surface area contributed by atoms with Crippen molar-refractivity contribution >= 4 is 22.4 Å². The molecule has 21 heavy (non-hydrogen) atoms. The minimum Gasteiger partial charge on any atom is -0.370 e. The van der Waals surface area contributed by atoms with Crippen LogP contribution >= 0.6 is 0 Å². The van der Waals surface area contributed by atoms with Gasteiger partial charge in [0.2, 0.25) is 0 Å². The Kier molecular flexibility index (Phi) is 4.02. The van der Waals surface area contributed by atoms with Gasteiger partial charge in [-0.25, -0.2) is 0 Å². The van der Waals surface area contributed by atoms with E-state index >= 15 is 0 Å². The van der Waals surface area contributed by atoms with E-state index in [1.807, 2.05) is 0 Å². The smallest absolute Gasteiger partial charge is 0.193 e. The summed E-state index contributed by atoms with van der Waals surface area (Å²) >= 11 is 0. The Morgan fingerprint density at radius 1 is 1.38 bits per heavy atom. The first-order valence-corrected chi connectivity index (χ1v) is 9.18. The standard InChI is InChI=1S/C16H23N3OS/c1-21(20)16(9-10-16)11-18-15(17)19-14-8-4-6-12-5-2-3-7-13(12)14/h4,6,8H,2-3,5,7,9-11H2,1H3,(H3,17,18,19). The summed E-state index contributed by atoms with van der Waals surface area (Å²) in [5, 5.41) is 3.24. The van der Waals surface area contributed by atoms with Crippen molar-refractivity contribution in [3.63, 3.8) is 0 Å². The molecule has 1 unspecified atom stereocenters. The monoisotopic (exact) mass is 305 g/mol. The van der Waals surface area contributed by atoms with Crippen LogP contribution in [-0.4, -0.2) is 27.7 Å². The number of aliphatic imine (C=N–C) groups is 1. The Morgan fingerprint density at radius 3 is 2.86 bits per heavy atom. The lowest BCUT2D eigenvalue weighted by Gasteiger charge is -2.20. The molecule has 1 saturated carbocycles. The molecule has 0 saturated heterocycles. The first-order valence-electron chi connectivity index (χ1n) is 7.62. The fraction of sp³-hybridized carbons (Fsp3) is 0.562. The van der Waals surface area contributed by atoms with Crippen LogP contribution < -0.4 is 11.1 Å². The van der Waals surface area contributed by atoms with Crippen molar-refractivity contribution in [2.24, 2.45) is 10.7 Å². The van der Waals surface area contributed by atoms with Gasteiger partial charge >= 0.3 is 0 Å². The second-order valence-corrected chi connectivity index (χ2v) is 7.89. The Bertz CT molecular complexity index is 593. The summed E-state index contributed by atoms with van der Waals surface area (Å²) < 4.78 is 11.6. The van der Waals surface area contributed by atoms with E-state index in [4.69, 9.17) is 5.73 Å². The van der Waals surface area contributed by atoms with Crippen LogP contribution in [0.4, 0.5) is 5.69 Å². The van der Waals surface area contributed by atoms with Gasteiger partial charge in [0.25, 0.3) is 0 Å². The molecule has 0 bridgehead atoms. The Labute approximate surface area is 128 Å². The van der Waals surface area contributed by atoms with Crippen LogP contribution in [0.1, 0.15) is 36.8 Å². The highest BCUT2D eigenvalue weighted by atomic mass is 32.2. The molecule has 3 N–H and O–H groups in total. The molecule has 1 aromatic carbocycles. The predicted molar refractivity (Wildman–Crippen MR) is 89.2 cm³/mol. The number of nitrogens with one attached hydrogen (secondary N) is 1. The molecule has 3 rings (SSSR count). The minimum absolute atomic E-state index is 0.109. The van der Waals surface area contributed by atoms with Crippen molar-refractivity contribution in [2.75, 3.05) is 18.1 Å². The number of benzene rings is 1. The average molecular weight is 305 g/mol.